The molecule has 204 valence electrons. The van der Waals surface area contributed by atoms with Crippen molar-refractivity contribution in [3.63, 3.8) is 0 Å². The van der Waals surface area contributed by atoms with Crippen molar-refractivity contribution in [1.29, 1.82) is 0 Å². The molecule has 7 heteroatoms. The number of carbonyl (C=O) groups excluding carboxylic acids is 2. The van der Waals surface area contributed by atoms with Crippen LogP contribution < -0.4 is 5.32 Å². The van der Waals surface area contributed by atoms with E-state index >= 15 is 0 Å². The van der Waals surface area contributed by atoms with Crippen molar-refractivity contribution in [3.8, 4) is 11.5 Å². The number of carbonyl (C=O) groups is 2. The Hall–Kier alpha value is -3.55. The topological polar surface area (TPSA) is 89.9 Å². The van der Waals surface area contributed by atoms with Crippen LogP contribution in [0.4, 0.5) is 4.39 Å². The maximum absolute atomic E-state index is 14.9. The monoisotopic (exact) mass is 530 g/mol. The first-order valence-corrected chi connectivity index (χ1v) is 13.7. The van der Waals surface area contributed by atoms with E-state index in [1.54, 1.807) is 37.3 Å². The molecule has 5 rings (SSSR count). The fraction of sp³-hybridized carbons (Fsp3) is 0.375. The molecule has 2 heterocycles. The second-order valence-corrected chi connectivity index (χ2v) is 11.0. The number of Topliss-reactive ketones (excluding diaryl/α,β-unsaturated/α-hetero) is 2. The van der Waals surface area contributed by atoms with Crippen molar-refractivity contribution in [2.75, 3.05) is 32.7 Å². The number of nitrogens with zero attached hydrogens (tertiary/aromatic N) is 1. The molecule has 0 aliphatic carbocycles. The second-order valence-electron chi connectivity index (χ2n) is 11.0. The SMILES string of the molecule is Cc1c(F)cccc1C1[C@@H](C(=O)c2cccc(O)c2)CN(CC2CCCNC2)C[C@@H]1C(=O)c1cccc(O)c1. The molecule has 0 amide bonds. The van der Waals surface area contributed by atoms with E-state index in [0.29, 0.717) is 41.3 Å². The zero-order valence-corrected chi connectivity index (χ0v) is 22.1. The van der Waals surface area contributed by atoms with Crippen molar-refractivity contribution in [1.82, 2.24) is 10.2 Å². The van der Waals surface area contributed by atoms with Crippen LogP contribution in [-0.2, 0) is 0 Å². The van der Waals surface area contributed by atoms with Crippen LogP contribution in [0.5, 0.6) is 11.5 Å². The van der Waals surface area contributed by atoms with Crippen LogP contribution in [0.2, 0.25) is 0 Å². The minimum Gasteiger partial charge on any atom is -0.508 e. The van der Waals surface area contributed by atoms with Gasteiger partial charge >= 0.3 is 0 Å². The third kappa shape index (κ3) is 5.89. The molecule has 3 aromatic carbocycles. The lowest BCUT2D eigenvalue weighted by Crippen LogP contribution is -2.52. The van der Waals surface area contributed by atoms with Crippen LogP contribution in [0.1, 0.15) is 50.6 Å². The van der Waals surface area contributed by atoms with Gasteiger partial charge in [0, 0.05) is 48.5 Å². The molecule has 2 fully saturated rings. The quantitative estimate of drug-likeness (QED) is 0.375. The lowest BCUT2D eigenvalue weighted by Gasteiger charge is -2.44. The smallest absolute Gasteiger partial charge is 0.167 e. The molecule has 6 nitrogen and oxygen atoms in total. The third-order valence-electron chi connectivity index (χ3n) is 8.30. The van der Waals surface area contributed by atoms with Crippen LogP contribution in [0.25, 0.3) is 0 Å². The molecule has 2 saturated heterocycles. The van der Waals surface area contributed by atoms with E-state index in [2.05, 4.69) is 10.2 Å². The van der Waals surface area contributed by atoms with Gasteiger partial charge in [-0.05, 0) is 80.2 Å². The Kier molecular flexibility index (Phi) is 8.10. The number of phenols is 2. The van der Waals surface area contributed by atoms with Crippen molar-refractivity contribution in [2.45, 2.75) is 25.7 Å². The minimum absolute atomic E-state index is 0.00679. The average Bonchev–Trinajstić information content (AvgIpc) is 2.94. The van der Waals surface area contributed by atoms with Gasteiger partial charge in [-0.15, -0.1) is 0 Å². The molecule has 0 spiro atoms. The van der Waals surface area contributed by atoms with Gasteiger partial charge in [0.15, 0.2) is 11.6 Å². The summed E-state index contributed by atoms with van der Waals surface area (Å²) in [6.07, 6.45) is 2.16. The summed E-state index contributed by atoms with van der Waals surface area (Å²) < 4.78 is 14.9. The maximum Gasteiger partial charge on any atom is 0.167 e. The maximum atomic E-state index is 14.9. The molecule has 39 heavy (non-hydrogen) atoms. The Morgan fingerprint density at radius 2 is 1.51 bits per heavy atom. The summed E-state index contributed by atoms with van der Waals surface area (Å²) in [6, 6.07) is 17.4. The number of nitrogens with one attached hydrogen (secondary N) is 1. The number of hydrogen-bond acceptors (Lipinski definition) is 6. The van der Waals surface area contributed by atoms with Crippen molar-refractivity contribution >= 4 is 11.6 Å². The summed E-state index contributed by atoms with van der Waals surface area (Å²) in [6.45, 7) is 5.17. The average molecular weight is 531 g/mol. The highest BCUT2D eigenvalue weighted by Crippen LogP contribution is 2.43. The summed E-state index contributed by atoms with van der Waals surface area (Å²) in [5.41, 5.74) is 1.80. The van der Waals surface area contributed by atoms with Gasteiger partial charge in [0.05, 0.1) is 0 Å². The molecule has 3 N–H and O–H groups in total. The summed E-state index contributed by atoms with van der Waals surface area (Å²) in [4.78, 5) is 30.5. The number of rotatable bonds is 7. The van der Waals surface area contributed by atoms with E-state index in [0.717, 1.165) is 32.5 Å². The molecular weight excluding hydrogens is 495 g/mol. The van der Waals surface area contributed by atoms with Crippen LogP contribution in [-0.4, -0.2) is 59.4 Å². The second kappa shape index (κ2) is 11.7. The molecule has 2 aliphatic rings. The molecular formula is C32H35FN2O4. The van der Waals surface area contributed by atoms with E-state index in [1.165, 1.54) is 30.3 Å². The highest BCUT2D eigenvalue weighted by Gasteiger charge is 2.46. The number of hydrogen-bond donors (Lipinski definition) is 3. The molecule has 3 aromatic rings. The van der Waals surface area contributed by atoms with E-state index in [1.807, 2.05) is 6.07 Å². The number of piperidine rings is 2. The molecule has 1 unspecified atom stereocenters. The summed E-state index contributed by atoms with van der Waals surface area (Å²) in [5, 5.41) is 23.7. The van der Waals surface area contributed by atoms with Crippen LogP contribution in [0.3, 0.4) is 0 Å². The molecule has 0 saturated carbocycles. The number of halogens is 1. The highest BCUT2D eigenvalue weighted by atomic mass is 19.1. The zero-order valence-electron chi connectivity index (χ0n) is 22.1. The number of likely N-dealkylation sites (tertiary alicyclic amines) is 1. The first-order chi connectivity index (χ1) is 18.8. The van der Waals surface area contributed by atoms with Crippen molar-refractivity contribution in [2.24, 2.45) is 17.8 Å². The first-order valence-electron chi connectivity index (χ1n) is 13.7. The lowest BCUT2D eigenvalue weighted by molar-refractivity contribution is 0.0521. The largest absolute Gasteiger partial charge is 0.508 e. The van der Waals surface area contributed by atoms with Gasteiger partial charge in [0.1, 0.15) is 17.3 Å². The predicted octanol–water partition coefficient (Wildman–Crippen LogP) is 4.94. The van der Waals surface area contributed by atoms with Gasteiger partial charge in [0.2, 0.25) is 0 Å². The van der Waals surface area contributed by atoms with Crippen molar-refractivity contribution < 1.29 is 24.2 Å². The number of benzene rings is 3. The zero-order chi connectivity index (χ0) is 27.5. The fourth-order valence-corrected chi connectivity index (χ4v) is 6.39. The van der Waals surface area contributed by atoms with E-state index < -0.39 is 17.8 Å². The molecule has 3 atom stereocenters. The van der Waals surface area contributed by atoms with Gasteiger partial charge in [0.25, 0.3) is 0 Å². The normalized spacial score (nSPS) is 22.5. The summed E-state index contributed by atoms with van der Waals surface area (Å²) >= 11 is 0. The first kappa shape index (κ1) is 27.0. The van der Waals surface area contributed by atoms with Gasteiger partial charge in [-0.25, -0.2) is 4.39 Å². The standard InChI is InChI=1S/C32H35FN2O4/c1-20-26(11-4-12-29(20)33)30-27(31(38)22-7-2-9-24(36)14-22)18-35(17-21-6-5-13-34-16-21)19-28(30)32(39)23-8-3-10-25(37)15-23/h2-4,7-12,14-15,21,27-28,30,34,36-37H,5-6,13,16-19H2,1H3/t21?,27-,28-/m0/s1. The third-order valence-corrected chi connectivity index (χ3v) is 8.30. The number of aromatic hydroxyl groups is 2. The van der Waals surface area contributed by atoms with Crippen LogP contribution in [0, 0.1) is 30.5 Å². The Morgan fingerprint density at radius 3 is 2.05 bits per heavy atom. The lowest BCUT2D eigenvalue weighted by atomic mass is 9.67. The molecule has 2 aliphatic heterocycles. The van der Waals surface area contributed by atoms with E-state index in [4.69, 9.17) is 0 Å². The van der Waals surface area contributed by atoms with Gasteiger partial charge in [-0.2, -0.15) is 0 Å². The fourth-order valence-electron chi connectivity index (χ4n) is 6.39. The van der Waals surface area contributed by atoms with Gasteiger partial charge in [-0.3, -0.25) is 9.59 Å². The molecule has 0 bridgehead atoms. The molecule has 0 radical (unpaired) electrons. The highest BCUT2D eigenvalue weighted by molar-refractivity contribution is 6.02. The Morgan fingerprint density at radius 1 is 0.923 bits per heavy atom. The van der Waals surface area contributed by atoms with E-state index in [9.17, 15) is 24.2 Å². The van der Waals surface area contributed by atoms with Crippen molar-refractivity contribution in [3.05, 3.63) is 94.8 Å². The van der Waals surface area contributed by atoms with Gasteiger partial charge < -0.3 is 20.4 Å². The van der Waals surface area contributed by atoms with Crippen LogP contribution >= 0.6 is 0 Å². The summed E-state index contributed by atoms with van der Waals surface area (Å²) in [7, 11) is 0. The van der Waals surface area contributed by atoms with Gasteiger partial charge in [-0.1, -0.05) is 36.4 Å². The number of ketones is 2. The minimum atomic E-state index is -0.635. The number of phenolic OH excluding ortho intramolecular Hbond substituents is 2. The molecule has 0 aromatic heterocycles. The summed E-state index contributed by atoms with van der Waals surface area (Å²) in [5.74, 6) is -2.20. The Bertz CT molecular complexity index is 1290. The Labute approximate surface area is 228 Å². The van der Waals surface area contributed by atoms with E-state index in [-0.39, 0.29) is 28.9 Å². The predicted molar refractivity (Wildman–Crippen MR) is 148 cm³/mol. The van der Waals surface area contributed by atoms with Crippen LogP contribution in [0.15, 0.2) is 66.7 Å². The Balaban J connectivity index is 1.60.